The lowest BCUT2D eigenvalue weighted by Gasteiger charge is -2.17. The van der Waals surface area contributed by atoms with Gasteiger partial charge >= 0.3 is 0 Å². The van der Waals surface area contributed by atoms with Gasteiger partial charge in [0, 0.05) is 47.6 Å². The van der Waals surface area contributed by atoms with Crippen molar-refractivity contribution in [3.8, 4) is 79.3 Å². The quantitative estimate of drug-likeness (QED) is 0.150. The molecule has 3 heterocycles. The lowest BCUT2D eigenvalue weighted by molar-refractivity contribution is 1.06. The zero-order valence-corrected chi connectivity index (χ0v) is 36.0. The smallest absolute Gasteiger partial charge is 0.187 e. The molecule has 9 aromatic carbocycles. The first-order valence-corrected chi connectivity index (χ1v) is 22.4. The molecular formula is C59H34N6S. The molecule has 0 aliphatic carbocycles. The highest BCUT2D eigenvalue weighted by Crippen LogP contribution is 2.44. The molecule has 12 aromatic rings. The summed E-state index contributed by atoms with van der Waals surface area (Å²) in [6.07, 6.45) is 0. The molecule has 0 fully saturated rings. The van der Waals surface area contributed by atoms with Gasteiger partial charge < -0.3 is 4.57 Å². The van der Waals surface area contributed by atoms with Crippen molar-refractivity contribution in [2.45, 2.75) is 0 Å². The molecule has 66 heavy (non-hydrogen) atoms. The maximum atomic E-state index is 9.86. The molecular weight excluding hydrogens is 825 g/mol. The molecule has 0 aliphatic rings. The van der Waals surface area contributed by atoms with Crippen LogP contribution in [0, 0.1) is 17.9 Å². The van der Waals surface area contributed by atoms with E-state index in [1.807, 2.05) is 103 Å². The van der Waals surface area contributed by atoms with Crippen LogP contribution in [0.4, 0.5) is 5.69 Å². The Bertz CT molecular complexity index is 3790. The Morgan fingerprint density at radius 3 is 1.68 bits per heavy atom. The van der Waals surface area contributed by atoms with Crippen molar-refractivity contribution in [1.82, 2.24) is 19.5 Å². The third-order valence-electron chi connectivity index (χ3n) is 12.3. The third kappa shape index (κ3) is 6.67. The molecule has 0 radical (unpaired) electrons. The van der Waals surface area contributed by atoms with Gasteiger partial charge in [-0.1, -0.05) is 152 Å². The lowest BCUT2D eigenvalue weighted by Crippen LogP contribution is -2.04. The third-order valence-corrected chi connectivity index (χ3v) is 13.4. The largest absolute Gasteiger partial charge is 0.308 e. The first-order chi connectivity index (χ1) is 32.6. The number of benzene rings is 9. The summed E-state index contributed by atoms with van der Waals surface area (Å²) in [6, 6.07) is 72.9. The van der Waals surface area contributed by atoms with Crippen LogP contribution < -0.4 is 0 Å². The minimum absolute atomic E-state index is 0.538. The molecule has 0 saturated carbocycles. The minimum Gasteiger partial charge on any atom is -0.308 e. The normalized spacial score (nSPS) is 11.3. The molecule has 0 amide bonds. The molecule has 3 aromatic heterocycles. The second-order valence-electron chi connectivity index (χ2n) is 16.2. The van der Waals surface area contributed by atoms with E-state index in [9.17, 15) is 5.26 Å². The van der Waals surface area contributed by atoms with Gasteiger partial charge in [0.2, 0.25) is 0 Å². The summed E-state index contributed by atoms with van der Waals surface area (Å²) in [6.45, 7) is 7.76. The molecule has 0 spiro atoms. The summed E-state index contributed by atoms with van der Waals surface area (Å²) in [5.74, 6) is 1.69. The van der Waals surface area contributed by atoms with E-state index in [-0.39, 0.29) is 0 Å². The van der Waals surface area contributed by atoms with E-state index in [1.54, 1.807) is 11.3 Å². The Kier molecular flexibility index (Phi) is 9.35. The SMILES string of the molecule is [C-]#[N+]c1cccc(-c2ccc3c4ccc(-c5cccc(C#N)c5)cc4n(-c4ccc(-c5cccc6sc7ccccc7c56)cc4-c4nc(-c5ccccc5)nc(-c5ccccc5)n4)c3c2)c1. The van der Waals surface area contributed by atoms with Crippen LogP contribution in [-0.2, 0) is 0 Å². The Balaban J connectivity index is 1.19. The highest BCUT2D eigenvalue weighted by atomic mass is 32.1. The lowest BCUT2D eigenvalue weighted by atomic mass is 9.96. The average molecular weight is 859 g/mol. The highest BCUT2D eigenvalue weighted by molar-refractivity contribution is 7.25. The maximum absolute atomic E-state index is 9.86. The summed E-state index contributed by atoms with van der Waals surface area (Å²) in [5, 5.41) is 14.4. The van der Waals surface area contributed by atoms with Crippen molar-refractivity contribution in [3.63, 3.8) is 0 Å². The Morgan fingerprint density at radius 2 is 1.00 bits per heavy atom. The molecule has 0 atom stereocenters. The molecule has 0 saturated heterocycles. The van der Waals surface area contributed by atoms with Crippen LogP contribution in [0.25, 0.3) is 120 Å². The van der Waals surface area contributed by atoms with Gasteiger partial charge in [-0.25, -0.2) is 19.8 Å². The summed E-state index contributed by atoms with van der Waals surface area (Å²) < 4.78 is 4.80. The van der Waals surface area contributed by atoms with Crippen molar-refractivity contribution in [2.24, 2.45) is 0 Å². The molecule has 306 valence electrons. The predicted molar refractivity (Wildman–Crippen MR) is 271 cm³/mol. The van der Waals surface area contributed by atoms with E-state index in [0.717, 1.165) is 77.6 Å². The second kappa shape index (κ2) is 16.0. The first kappa shape index (κ1) is 38.6. The number of thiophene rings is 1. The Labute approximate surface area is 384 Å². The van der Waals surface area contributed by atoms with Crippen molar-refractivity contribution in [2.75, 3.05) is 0 Å². The van der Waals surface area contributed by atoms with E-state index in [0.29, 0.717) is 28.7 Å². The number of aromatic nitrogens is 4. The van der Waals surface area contributed by atoms with Gasteiger partial charge in [-0.2, -0.15) is 5.26 Å². The van der Waals surface area contributed by atoms with E-state index >= 15 is 0 Å². The summed E-state index contributed by atoms with van der Waals surface area (Å²) in [5.41, 5.74) is 12.7. The molecule has 12 rings (SSSR count). The van der Waals surface area contributed by atoms with Gasteiger partial charge in [0.05, 0.1) is 34.9 Å². The number of rotatable bonds is 7. The average Bonchev–Trinajstić information content (AvgIpc) is 3.94. The van der Waals surface area contributed by atoms with Gasteiger partial charge in [-0.05, 0) is 88.0 Å². The standard InChI is InChI=1S/C59H34N6S/c1-61-45-20-11-19-41(32-45)43-26-29-48-47-28-25-42(40-18-10-13-37(31-40)36-60)34-52(47)65(53(48)35-43)51-30-27-44(46-22-12-24-55-56(46)49-21-8-9-23-54(49)66-55)33-50(51)59-63-57(38-14-4-2-5-15-38)62-58(64-59)39-16-6-3-7-17-39/h2-35H. The van der Waals surface area contributed by atoms with Crippen LogP contribution >= 0.6 is 11.3 Å². The summed E-state index contributed by atoms with van der Waals surface area (Å²) in [7, 11) is 0. The second-order valence-corrected chi connectivity index (χ2v) is 17.3. The Morgan fingerprint density at radius 1 is 0.439 bits per heavy atom. The van der Waals surface area contributed by atoms with E-state index in [4.69, 9.17) is 21.5 Å². The molecule has 6 nitrogen and oxygen atoms in total. The van der Waals surface area contributed by atoms with Gasteiger partial charge in [0.15, 0.2) is 23.2 Å². The van der Waals surface area contributed by atoms with Crippen LogP contribution in [0.1, 0.15) is 5.56 Å². The number of fused-ring (bicyclic) bond motifs is 6. The van der Waals surface area contributed by atoms with Gasteiger partial charge in [0.25, 0.3) is 0 Å². The fourth-order valence-electron chi connectivity index (χ4n) is 9.18. The van der Waals surface area contributed by atoms with Crippen LogP contribution in [0.15, 0.2) is 206 Å². The van der Waals surface area contributed by atoms with Gasteiger partial charge in [0.1, 0.15) is 0 Å². The van der Waals surface area contributed by atoms with E-state index < -0.39 is 0 Å². The van der Waals surface area contributed by atoms with Crippen LogP contribution in [0.3, 0.4) is 0 Å². The minimum atomic E-state index is 0.538. The highest BCUT2D eigenvalue weighted by Gasteiger charge is 2.22. The van der Waals surface area contributed by atoms with Gasteiger partial charge in [-0.3, -0.25) is 0 Å². The zero-order chi connectivity index (χ0) is 44.1. The molecule has 7 heteroatoms. The van der Waals surface area contributed by atoms with Crippen molar-refractivity contribution in [1.29, 1.82) is 5.26 Å². The number of hydrogen-bond acceptors (Lipinski definition) is 5. The van der Waals surface area contributed by atoms with Crippen molar-refractivity contribution < 1.29 is 0 Å². The van der Waals surface area contributed by atoms with Gasteiger partial charge in [-0.15, -0.1) is 11.3 Å². The molecule has 0 bridgehead atoms. The summed E-state index contributed by atoms with van der Waals surface area (Å²) in [4.78, 5) is 19.5. The number of nitriles is 1. The topological polar surface area (TPSA) is 71.8 Å². The van der Waals surface area contributed by atoms with Crippen LogP contribution in [0.2, 0.25) is 0 Å². The zero-order valence-electron chi connectivity index (χ0n) is 35.2. The molecule has 0 aliphatic heterocycles. The molecule has 0 N–H and O–H groups in total. The van der Waals surface area contributed by atoms with Crippen LogP contribution in [0.5, 0.6) is 0 Å². The van der Waals surface area contributed by atoms with E-state index in [2.05, 4.69) is 119 Å². The van der Waals surface area contributed by atoms with Crippen molar-refractivity contribution >= 4 is 59.0 Å². The summed E-state index contributed by atoms with van der Waals surface area (Å²) >= 11 is 1.81. The molecule has 0 unspecified atom stereocenters. The van der Waals surface area contributed by atoms with E-state index in [1.165, 1.54) is 20.2 Å². The van der Waals surface area contributed by atoms with Crippen LogP contribution in [-0.4, -0.2) is 19.5 Å². The number of hydrogen-bond donors (Lipinski definition) is 0. The fourth-order valence-corrected chi connectivity index (χ4v) is 10.3. The van der Waals surface area contributed by atoms with Crippen molar-refractivity contribution in [3.05, 3.63) is 223 Å². The first-order valence-electron chi connectivity index (χ1n) is 21.6. The maximum Gasteiger partial charge on any atom is 0.187 e. The Hall–Kier alpha value is -9.01. The monoisotopic (exact) mass is 858 g/mol. The number of nitrogens with zero attached hydrogens (tertiary/aromatic N) is 6. The predicted octanol–water partition coefficient (Wildman–Crippen LogP) is 15.8. The fraction of sp³-hybridized carbons (Fsp3) is 0.